The molecule has 0 heterocycles. The molecule has 0 unspecified atom stereocenters. The van der Waals surface area contributed by atoms with E-state index in [0.29, 0.717) is 5.88 Å². The standard InChI is InChI=1S/C12H13NS/c14-9-13-8-11-6-3-5-10-4-1-2-7-12(10)11/h1-7,13-14H,8-9H2. The highest BCUT2D eigenvalue weighted by molar-refractivity contribution is 7.80. The molecule has 72 valence electrons. The largest absolute Gasteiger partial charge is 0.304 e. The van der Waals surface area contributed by atoms with Crippen molar-refractivity contribution < 1.29 is 0 Å². The van der Waals surface area contributed by atoms with Gasteiger partial charge in [0.05, 0.1) is 0 Å². The Morgan fingerprint density at radius 1 is 1.00 bits per heavy atom. The minimum atomic E-state index is 0.712. The second-order valence-corrected chi connectivity index (χ2v) is 3.54. The molecule has 0 atom stereocenters. The number of thiol groups is 1. The summed E-state index contributed by atoms with van der Waals surface area (Å²) in [6.45, 7) is 0.880. The van der Waals surface area contributed by atoms with Crippen molar-refractivity contribution in [2.75, 3.05) is 5.88 Å². The Balaban J connectivity index is 2.43. The van der Waals surface area contributed by atoms with E-state index in [1.807, 2.05) is 0 Å². The Kier molecular flexibility index (Phi) is 3.07. The molecule has 0 aliphatic heterocycles. The van der Waals surface area contributed by atoms with E-state index in [2.05, 4.69) is 60.4 Å². The summed E-state index contributed by atoms with van der Waals surface area (Å²) in [6, 6.07) is 14.8. The van der Waals surface area contributed by atoms with Crippen molar-refractivity contribution in [3.63, 3.8) is 0 Å². The summed E-state index contributed by atoms with van der Waals surface area (Å²) < 4.78 is 0. The van der Waals surface area contributed by atoms with Crippen LogP contribution >= 0.6 is 12.6 Å². The first-order valence-corrected chi connectivity index (χ1v) is 5.33. The van der Waals surface area contributed by atoms with Gasteiger partial charge >= 0.3 is 0 Å². The molecule has 0 fully saturated rings. The zero-order valence-corrected chi connectivity index (χ0v) is 8.80. The number of benzene rings is 2. The van der Waals surface area contributed by atoms with Crippen LogP contribution in [0.3, 0.4) is 0 Å². The maximum Gasteiger partial charge on any atom is 0.0390 e. The van der Waals surface area contributed by atoms with Crippen molar-refractivity contribution >= 4 is 23.4 Å². The predicted molar refractivity (Wildman–Crippen MR) is 64.6 cm³/mol. The molecule has 0 spiro atoms. The van der Waals surface area contributed by atoms with Crippen LogP contribution in [0.25, 0.3) is 10.8 Å². The van der Waals surface area contributed by atoms with Crippen molar-refractivity contribution in [2.45, 2.75) is 6.54 Å². The molecule has 0 radical (unpaired) electrons. The molecule has 0 aliphatic carbocycles. The summed E-state index contributed by atoms with van der Waals surface area (Å²) in [4.78, 5) is 0. The minimum absolute atomic E-state index is 0.712. The molecule has 2 aromatic carbocycles. The third-order valence-electron chi connectivity index (χ3n) is 2.31. The zero-order valence-electron chi connectivity index (χ0n) is 7.90. The third-order valence-corrected chi connectivity index (χ3v) is 2.53. The smallest absolute Gasteiger partial charge is 0.0390 e. The van der Waals surface area contributed by atoms with Gasteiger partial charge in [-0.15, -0.1) is 0 Å². The Bertz CT molecular complexity index is 420. The van der Waals surface area contributed by atoms with Crippen molar-refractivity contribution in [3.8, 4) is 0 Å². The van der Waals surface area contributed by atoms with Gasteiger partial charge < -0.3 is 5.32 Å². The molecule has 2 rings (SSSR count). The lowest BCUT2D eigenvalue weighted by Gasteiger charge is -2.06. The van der Waals surface area contributed by atoms with Crippen LogP contribution in [0.4, 0.5) is 0 Å². The Morgan fingerprint density at radius 2 is 1.79 bits per heavy atom. The Morgan fingerprint density at radius 3 is 2.64 bits per heavy atom. The SMILES string of the molecule is SCNCc1cccc2ccccc12. The average molecular weight is 203 g/mol. The van der Waals surface area contributed by atoms with Crippen molar-refractivity contribution in [1.82, 2.24) is 5.32 Å². The van der Waals surface area contributed by atoms with Crippen molar-refractivity contribution in [1.29, 1.82) is 0 Å². The highest BCUT2D eigenvalue weighted by atomic mass is 32.1. The molecule has 0 saturated carbocycles. The molecular formula is C12H13NS. The van der Waals surface area contributed by atoms with Crippen molar-refractivity contribution in [3.05, 3.63) is 48.0 Å². The van der Waals surface area contributed by atoms with E-state index in [-0.39, 0.29) is 0 Å². The van der Waals surface area contributed by atoms with Crippen LogP contribution in [0.2, 0.25) is 0 Å². The minimum Gasteiger partial charge on any atom is -0.304 e. The topological polar surface area (TPSA) is 12.0 Å². The van der Waals surface area contributed by atoms with Gasteiger partial charge in [0.1, 0.15) is 0 Å². The maximum atomic E-state index is 4.13. The summed E-state index contributed by atoms with van der Waals surface area (Å²) in [7, 11) is 0. The predicted octanol–water partition coefficient (Wildman–Crippen LogP) is 2.82. The fraction of sp³-hybridized carbons (Fsp3) is 0.167. The monoisotopic (exact) mass is 203 g/mol. The van der Waals surface area contributed by atoms with Crippen LogP contribution in [0.1, 0.15) is 5.56 Å². The van der Waals surface area contributed by atoms with Gasteiger partial charge in [-0.1, -0.05) is 42.5 Å². The van der Waals surface area contributed by atoms with Crippen LogP contribution in [0.15, 0.2) is 42.5 Å². The fourth-order valence-corrected chi connectivity index (χ4v) is 1.75. The summed E-state index contributed by atoms with van der Waals surface area (Å²) >= 11 is 4.13. The summed E-state index contributed by atoms with van der Waals surface area (Å²) in [6.07, 6.45) is 0. The molecule has 14 heavy (non-hydrogen) atoms. The molecule has 0 bridgehead atoms. The second-order valence-electron chi connectivity index (χ2n) is 3.22. The number of fused-ring (bicyclic) bond motifs is 1. The molecule has 0 aliphatic rings. The van der Waals surface area contributed by atoms with Crippen LogP contribution < -0.4 is 5.32 Å². The Hall–Kier alpha value is -0.990. The van der Waals surface area contributed by atoms with E-state index in [1.165, 1.54) is 16.3 Å². The lowest BCUT2D eigenvalue weighted by atomic mass is 10.0. The molecule has 1 N–H and O–H groups in total. The molecule has 2 aromatic rings. The van der Waals surface area contributed by atoms with E-state index >= 15 is 0 Å². The maximum absolute atomic E-state index is 4.13. The van der Waals surface area contributed by atoms with E-state index in [4.69, 9.17) is 0 Å². The third kappa shape index (κ3) is 1.91. The fourth-order valence-electron chi connectivity index (χ4n) is 1.64. The van der Waals surface area contributed by atoms with Gasteiger partial charge in [0.25, 0.3) is 0 Å². The quantitative estimate of drug-likeness (QED) is 0.577. The summed E-state index contributed by atoms with van der Waals surface area (Å²) in [5, 5.41) is 5.84. The van der Waals surface area contributed by atoms with Gasteiger partial charge in [-0.25, -0.2) is 0 Å². The van der Waals surface area contributed by atoms with Crippen LogP contribution in [0, 0.1) is 0 Å². The van der Waals surface area contributed by atoms with E-state index in [0.717, 1.165) is 6.54 Å². The summed E-state index contributed by atoms with van der Waals surface area (Å²) in [5.74, 6) is 0.712. The average Bonchev–Trinajstić information content (AvgIpc) is 2.26. The van der Waals surface area contributed by atoms with E-state index in [9.17, 15) is 0 Å². The van der Waals surface area contributed by atoms with Crippen LogP contribution in [-0.2, 0) is 6.54 Å². The number of rotatable bonds is 3. The lowest BCUT2D eigenvalue weighted by Crippen LogP contribution is -2.10. The van der Waals surface area contributed by atoms with Gasteiger partial charge in [0, 0.05) is 12.4 Å². The van der Waals surface area contributed by atoms with Crippen LogP contribution in [0.5, 0.6) is 0 Å². The van der Waals surface area contributed by atoms with E-state index in [1.54, 1.807) is 0 Å². The molecule has 2 heteroatoms. The first-order chi connectivity index (χ1) is 6.92. The van der Waals surface area contributed by atoms with Gasteiger partial charge in [0.15, 0.2) is 0 Å². The summed E-state index contributed by atoms with van der Waals surface area (Å²) in [5.41, 5.74) is 1.33. The normalized spacial score (nSPS) is 10.6. The zero-order chi connectivity index (χ0) is 9.80. The number of nitrogens with one attached hydrogen (secondary N) is 1. The lowest BCUT2D eigenvalue weighted by molar-refractivity contribution is 0.804. The molecular weight excluding hydrogens is 190 g/mol. The molecule has 0 aromatic heterocycles. The van der Waals surface area contributed by atoms with Gasteiger partial charge in [-0.05, 0) is 16.3 Å². The van der Waals surface area contributed by atoms with E-state index < -0.39 is 0 Å². The van der Waals surface area contributed by atoms with Gasteiger partial charge in [-0.2, -0.15) is 12.6 Å². The number of hydrogen-bond donors (Lipinski definition) is 2. The van der Waals surface area contributed by atoms with Crippen LogP contribution in [-0.4, -0.2) is 5.88 Å². The van der Waals surface area contributed by atoms with Crippen molar-refractivity contribution in [2.24, 2.45) is 0 Å². The first-order valence-electron chi connectivity index (χ1n) is 4.70. The second kappa shape index (κ2) is 4.49. The number of hydrogen-bond acceptors (Lipinski definition) is 2. The Labute approximate surface area is 89.5 Å². The molecule has 1 nitrogen and oxygen atoms in total. The highest BCUT2D eigenvalue weighted by Gasteiger charge is 1.98. The highest BCUT2D eigenvalue weighted by Crippen LogP contribution is 2.17. The molecule has 0 saturated heterocycles. The molecule has 0 amide bonds. The van der Waals surface area contributed by atoms with Gasteiger partial charge in [-0.3, -0.25) is 0 Å². The van der Waals surface area contributed by atoms with Gasteiger partial charge in [0.2, 0.25) is 0 Å². The first kappa shape index (κ1) is 9.56.